The summed E-state index contributed by atoms with van der Waals surface area (Å²) < 4.78 is 43.4. The number of hydrogen-bond donors (Lipinski definition) is 2. The van der Waals surface area contributed by atoms with Gasteiger partial charge in [-0.3, -0.25) is 12.5 Å². The van der Waals surface area contributed by atoms with Crippen LogP contribution in [0.15, 0.2) is 0 Å². The molecule has 0 spiro atoms. The lowest BCUT2D eigenvalue weighted by Crippen LogP contribution is -2.19. The number of hydrogen-bond acceptors (Lipinski definition) is 6. The summed E-state index contributed by atoms with van der Waals surface area (Å²) in [5.41, 5.74) is 0. The van der Waals surface area contributed by atoms with Crippen molar-refractivity contribution < 1.29 is 25.9 Å². The lowest BCUT2D eigenvalue weighted by Gasteiger charge is -2.17. The molecule has 0 radical (unpaired) electrons. The van der Waals surface area contributed by atoms with E-state index in [1.54, 1.807) is 0 Å². The third-order valence-corrected chi connectivity index (χ3v) is 3.55. The molecule has 6 nitrogen and oxygen atoms in total. The van der Waals surface area contributed by atoms with Crippen LogP contribution in [-0.2, 0) is 23.9 Å². The first-order valence-corrected chi connectivity index (χ1v) is 6.80. The molecule has 0 aromatic carbocycles. The summed E-state index contributed by atoms with van der Waals surface area (Å²) in [4.78, 5) is 0. The third-order valence-electron chi connectivity index (χ3n) is 1.44. The lowest BCUT2D eigenvalue weighted by molar-refractivity contribution is 0.162. The Morgan fingerprint density at radius 1 is 1.64 bits per heavy atom. The van der Waals surface area contributed by atoms with Gasteiger partial charge in [-0.25, -0.2) is 0 Å². The smallest absolute Gasteiger partial charge is 0.304 e. The molecule has 1 fully saturated rings. The van der Waals surface area contributed by atoms with Crippen molar-refractivity contribution in [2.75, 3.05) is 19.0 Å². The maximum atomic E-state index is 11.0. The van der Waals surface area contributed by atoms with Gasteiger partial charge in [0.05, 0.1) is 29.8 Å². The third kappa shape index (κ3) is 4.22. The first-order chi connectivity index (χ1) is 6.53. The molecule has 1 aliphatic rings. The van der Waals surface area contributed by atoms with E-state index in [9.17, 15) is 4.21 Å². The zero-order chi connectivity index (χ0) is 10.6. The van der Waals surface area contributed by atoms with Crippen LogP contribution in [-0.4, -0.2) is 38.4 Å². The molecule has 0 bridgehead atoms. The van der Waals surface area contributed by atoms with E-state index in [-0.39, 0.29) is 12.4 Å². The highest BCUT2D eigenvalue weighted by molar-refractivity contribution is 8.20. The Kier molecular flexibility index (Phi) is 4.77. The van der Waals surface area contributed by atoms with Gasteiger partial charge in [0.25, 0.3) is 0 Å². The van der Waals surface area contributed by atoms with Crippen molar-refractivity contribution in [3.05, 3.63) is 0 Å². The maximum absolute atomic E-state index is 11.0. The second-order valence-electron chi connectivity index (χ2n) is 2.80. The minimum atomic E-state index is -2.98. The molecule has 1 saturated heterocycles. The molecule has 1 aliphatic heterocycles. The van der Waals surface area contributed by atoms with Crippen LogP contribution >= 0.6 is 10.9 Å². The predicted molar refractivity (Wildman–Crippen MR) is 52.9 cm³/mol. The van der Waals surface area contributed by atoms with E-state index >= 15 is 0 Å². The summed E-state index contributed by atoms with van der Waals surface area (Å²) in [6.07, 6.45) is 0.170. The molecule has 2 N–H and O–H groups in total. The molecule has 2 atom stereocenters. The lowest BCUT2D eigenvalue weighted by atomic mass is 10.5. The Morgan fingerprint density at radius 3 is 2.86 bits per heavy atom. The van der Waals surface area contributed by atoms with Crippen molar-refractivity contribution in [2.45, 2.75) is 19.4 Å². The second-order valence-corrected chi connectivity index (χ2v) is 5.42. The van der Waals surface area contributed by atoms with Gasteiger partial charge in [0, 0.05) is 0 Å². The SMILES string of the molecule is CCCOS(=O)OC1COS(O)(O)C1. The normalized spacial score (nSPS) is 30.1. The molecule has 14 heavy (non-hydrogen) atoms. The molecule has 0 aromatic heterocycles. The van der Waals surface area contributed by atoms with Crippen LogP contribution in [0.4, 0.5) is 0 Å². The number of rotatable bonds is 5. The molecule has 0 aromatic rings. The van der Waals surface area contributed by atoms with E-state index in [0.29, 0.717) is 6.61 Å². The van der Waals surface area contributed by atoms with E-state index in [1.165, 1.54) is 0 Å². The zero-order valence-electron chi connectivity index (χ0n) is 7.75. The van der Waals surface area contributed by atoms with Gasteiger partial charge in [0.2, 0.25) is 0 Å². The standard InChI is InChI=1S/C6H14O6S2/c1-2-3-10-13(7)12-6-4-11-14(8,9)5-6/h6,8-9H,2-5H2,1H3. The van der Waals surface area contributed by atoms with E-state index in [4.69, 9.17) is 17.5 Å². The van der Waals surface area contributed by atoms with E-state index in [2.05, 4.69) is 4.18 Å². The van der Waals surface area contributed by atoms with Gasteiger partial charge < -0.3 is 9.11 Å². The largest absolute Gasteiger partial charge is 0.308 e. The zero-order valence-corrected chi connectivity index (χ0v) is 9.38. The highest BCUT2D eigenvalue weighted by Gasteiger charge is 2.34. The van der Waals surface area contributed by atoms with Crippen LogP contribution < -0.4 is 0 Å². The predicted octanol–water partition coefficient (Wildman–Crippen LogP) is 1.07. The molecule has 2 unspecified atom stereocenters. The van der Waals surface area contributed by atoms with Gasteiger partial charge >= 0.3 is 11.4 Å². The summed E-state index contributed by atoms with van der Waals surface area (Å²) in [6, 6.07) is 0. The van der Waals surface area contributed by atoms with Crippen molar-refractivity contribution in [3.8, 4) is 0 Å². The Hall–Kier alpha value is 0.300. The van der Waals surface area contributed by atoms with Crippen molar-refractivity contribution >= 4 is 22.2 Å². The fourth-order valence-corrected chi connectivity index (χ4v) is 2.77. The summed E-state index contributed by atoms with van der Waals surface area (Å²) >= 11 is -1.83. The molecule has 8 heteroatoms. The summed E-state index contributed by atoms with van der Waals surface area (Å²) in [6.45, 7) is 2.26. The Bertz CT molecular complexity index is 208. The van der Waals surface area contributed by atoms with Crippen molar-refractivity contribution in [2.24, 2.45) is 0 Å². The molecule has 86 valence electrons. The molecule has 1 heterocycles. The van der Waals surface area contributed by atoms with Gasteiger partial charge in [0.1, 0.15) is 6.10 Å². The van der Waals surface area contributed by atoms with Crippen molar-refractivity contribution in [1.29, 1.82) is 0 Å². The highest BCUT2D eigenvalue weighted by atomic mass is 32.3. The average molecular weight is 246 g/mol. The summed E-state index contributed by atoms with van der Waals surface area (Å²) in [7, 11) is -2.98. The van der Waals surface area contributed by atoms with Gasteiger partial charge in [-0.15, -0.1) is 0 Å². The van der Waals surface area contributed by atoms with E-state index in [1.807, 2.05) is 6.92 Å². The van der Waals surface area contributed by atoms with Crippen LogP contribution in [0, 0.1) is 0 Å². The van der Waals surface area contributed by atoms with Gasteiger partial charge in [-0.1, -0.05) is 6.92 Å². The van der Waals surface area contributed by atoms with Gasteiger partial charge in [-0.05, 0) is 6.42 Å². The summed E-state index contributed by atoms with van der Waals surface area (Å²) in [5.74, 6) is -0.0474. The Balaban J connectivity index is 2.22. The second kappa shape index (κ2) is 5.40. The molecule has 0 aliphatic carbocycles. The molecule has 0 saturated carbocycles. The minimum absolute atomic E-state index is 0.0313. The Labute approximate surface area is 87.0 Å². The summed E-state index contributed by atoms with van der Waals surface area (Å²) in [5, 5.41) is 0. The molecular formula is C6H14O6S2. The minimum Gasteiger partial charge on any atom is -0.308 e. The Morgan fingerprint density at radius 2 is 2.36 bits per heavy atom. The van der Waals surface area contributed by atoms with Crippen LogP contribution in [0.3, 0.4) is 0 Å². The van der Waals surface area contributed by atoms with E-state index in [0.717, 1.165) is 6.42 Å². The fraction of sp³-hybridized carbons (Fsp3) is 1.00. The van der Waals surface area contributed by atoms with Crippen molar-refractivity contribution in [1.82, 2.24) is 0 Å². The van der Waals surface area contributed by atoms with Crippen LogP contribution in [0.5, 0.6) is 0 Å². The van der Waals surface area contributed by atoms with Gasteiger partial charge in [0.15, 0.2) is 0 Å². The average Bonchev–Trinajstić information content (AvgIpc) is 2.42. The fourth-order valence-electron chi connectivity index (χ4n) is 0.869. The molecular weight excluding hydrogens is 232 g/mol. The maximum Gasteiger partial charge on any atom is 0.304 e. The quantitative estimate of drug-likeness (QED) is 0.754. The van der Waals surface area contributed by atoms with E-state index < -0.39 is 28.3 Å². The first kappa shape index (κ1) is 12.4. The monoisotopic (exact) mass is 246 g/mol. The van der Waals surface area contributed by atoms with Crippen molar-refractivity contribution in [3.63, 3.8) is 0 Å². The topological polar surface area (TPSA) is 85.2 Å². The molecule has 0 amide bonds. The van der Waals surface area contributed by atoms with Crippen LogP contribution in [0.2, 0.25) is 0 Å². The molecule has 1 rings (SSSR count). The van der Waals surface area contributed by atoms with Crippen LogP contribution in [0.25, 0.3) is 0 Å². The van der Waals surface area contributed by atoms with Crippen LogP contribution in [0.1, 0.15) is 13.3 Å². The van der Waals surface area contributed by atoms with Gasteiger partial charge in [-0.2, -0.15) is 4.21 Å². The highest BCUT2D eigenvalue weighted by Crippen LogP contribution is 2.46. The first-order valence-electron chi connectivity index (χ1n) is 4.16.